The Bertz CT molecular complexity index is 221. The molecule has 0 aliphatic heterocycles. The van der Waals surface area contributed by atoms with Crippen molar-refractivity contribution in [1.29, 1.82) is 0 Å². The quantitative estimate of drug-likeness (QED) is 0.547. The maximum atomic E-state index is 2.40. The Balaban J connectivity index is 3.02. The lowest BCUT2D eigenvalue weighted by Gasteiger charge is -2.01. The van der Waals surface area contributed by atoms with Gasteiger partial charge in [-0.15, -0.1) is 0 Å². The van der Waals surface area contributed by atoms with Crippen LogP contribution in [-0.2, 0) is 8.86 Å². The normalized spacial score (nSPS) is 10.1. The molecule has 0 spiro atoms. The lowest BCUT2D eigenvalue weighted by atomic mass is 10.1. The van der Waals surface area contributed by atoms with E-state index in [9.17, 15) is 0 Å². The van der Waals surface area contributed by atoms with Crippen LogP contribution in [0.3, 0.4) is 0 Å². The van der Waals surface area contributed by atoms with Crippen LogP contribution in [0.25, 0.3) is 0 Å². The summed E-state index contributed by atoms with van der Waals surface area (Å²) in [6.07, 6.45) is 0. The van der Waals surface area contributed by atoms with Gasteiger partial charge < -0.3 is 0 Å². The van der Waals surface area contributed by atoms with Crippen molar-refractivity contribution in [2.75, 3.05) is 0 Å². The second-order valence-corrected chi connectivity index (χ2v) is 4.12. The molecule has 0 saturated heterocycles. The highest BCUT2D eigenvalue weighted by Gasteiger charge is 1.95. The molecule has 0 aromatic heterocycles. The summed E-state index contributed by atoms with van der Waals surface area (Å²) in [6, 6.07) is 6.79. The molecule has 2 heteroatoms. The maximum absolute atomic E-state index is 2.40. The van der Waals surface area contributed by atoms with Crippen molar-refractivity contribution < 1.29 is 0 Å². The van der Waals surface area contributed by atoms with Gasteiger partial charge in [-0.3, -0.25) is 0 Å². The van der Waals surface area contributed by atoms with Gasteiger partial charge in [0.05, 0.1) is 0 Å². The van der Waals surface area contributed by atoms with Crippen LogP contribution in [-0.4, -0.2) is 0 Å². The molecule has 0 N–H and O–H groups in total. The van der Waals surface area contributed by atoms with Crippen LogP contribution in [0.2, 0.25) is 0 Å². The van der Waals surface area contributed by atoms with Crippen LogP contribution < -0.4 is 0 Å². The fourth-order valence-corrected chi connectivity index (χ4v) is 1.98. The summed E-state index contributed by atoms with van der Waals surface area (Å²) in [5, 5.41) is 0. The molecule has 0 fully saturated rings. The molecule has 60 valence electrons. The Kier molecular flexibility index (Phi) is 4.12. The molecule has 0 unspecified atom stereocenters. The summed E-state index contributed by atoms with van der Waals surface area (Å²) in [5.41, 5.74) is 4.26. The fourth-order valence-electron chi connectivity index (χ4n) is 1.10. The van der Waals surface area contributed by atoms with Crippen molar-refractivity contribution in [3.05, 3.63) is 34.9 Å². The Morgan fingerprint density at radius 3 is 1.82 bits per heavy atom. The third-order valence-electron chi connectivity index (χ3n) is 1.51. The maximum Gasteiger partial charge on any atom is 0.0247 e. The van der Waals surface area contributed by atoms with Crippen molar-refractivity contribution in [2.45, 2.75) is 15.8 Å². The molecule has 0 saturated carbocycles. The molecule has 0 radical (unpaired) electrons. The average molecular weight is 372 g/mol. The minimum atomic E-state index is 1.11. The summed E-state index contributed by atoms with van der Waals surface area (Å²) in [7, 11) is 0. The van der Waals surface area contributed by atoms with E-state index in [1.165, 1.54) is 16.7 Å². The van der Waals surface area contributed by atoms with Gasteiger partial charge in [-0.2, -0.15) is 0 Å². The number of alkyl halides is 2. The first kappa shape index (κ1) is 9.77. The van der Waals surface area contributed by atoms with E-state index < -0.39 is 0 Å². The smallest absolute Gasteiger partial charge is 0.0247 e. The number of hydrogen-bond acceptors (Lipinski definition) is 0. The van der Waals surface area contributed by atoms with E-state index in [-0.39, 0.29) is 0 Å². The Morgan fingerprint density at radius 2 is 1.45 bits per heavy atom. The van der Waals surface area contributed by atoms with Crippen molar-refractivity contribution in [3.8, 4) is 0 Å². The predicted octanol–water partition coefficient (Wildman–Crippen LogP) is 3.87. The second-order valence-electron chi connectivity index (χ2n) is 2.59. The van der Waals surface area contributed by atoms with Crippen LogP contribution in [0.1, 0.15) is 16.7 Å². The summed E-state index contributed by atoms with van der Waals surface area (Å²) in [4.78, 5) is 0. The molecule has 0 atom stereocenters. The highest BCUT2D eigenvalue weighted by atomic mass is 127. The first-order valence-corrected chi connectivity index (χ1v) is 6.52. The summed E-state index contributed by atoms with van der Waals surface area (Å²) in [6.45, 7) is 2.16. The largest absolute Gasteiger partial charge is 0.0812 e. The van der Waals surface area contributed by atoms with Crippen molar-refractivity contribution >= 4 is 45.2 Å². The number of aryl methyl sites for hydroxylation is 1. The van der Waals surface area contributed by atoms with E-state index >= 15 is 0 Å². The zero-order chi connectivity index (χ0) is 8.27. The monoisotopic (exact) mass is 372 g/mol. The highest BCUT2D eigenvalue weighted by Crippen LogP contribution is 2.14. The molecule has 1 aromatic rings. The van der Waals surface area contributed by atoms with Gasteiger partial charge in [0.2, 0.25) is 0 Å². The summed E-state index contributed by atoms with van der Waals surface area (Å²) in [5.74, 6) is 0. The van der Waals surface area contributed by atoms with Gasteiger partial charge in [-0.05, 0) is 18.1 Å². The summed E-state index contributed by atoms with van der Waals surface area (Å²) >= 11 is 4.80. The van der Waals surface area contributed by atoms with Gasteiger partial charge in [0.25, 0.3) is 0 Å². The topological polar surface area (TPSA) is 0 Å². The summed E-state index contributed by atoms with van der Waals surface area (Å²) < 4.78 is 2.23. The first-order valence-electron chi connectivity index (χ1n) is 3.47. The van der Waals surface area contributed by atoms with Crippen LogP contribution in [0.15, 0.2) is 18.2 Å². The third-order valence-corrected chi connectivity index (χ3v) is 3.27. The molecule has 1 rings (SSSR count). The third kappa shape index (κ3) is 2.89. The zero-order valence-corrected chi connectivity index (χ0v) is 10.7. The van der Waals surface area contributed by atoms with E-state index in [4.69, 9.17) is 0 Å². The van der Waals surface area contributed by atoms with Gasteiger partial charge >= 0.3 is 0 Å². The van der Waals surface area contributed by atoms with Crippen LogP contribution in [0.4, 0.5) is 0 Å². The van der Waals surface area contributed by atoms with E-state index in [0.717, 1.165) is 8.86 Å². The van der Waals surface area contributed by atoms with Gasteiger partial charge in [0.1, 0.15) is 0 Å². The first-order chi connectivity index (χ1) is 5.26. The molecule has 0 aliphatic rings. The van der Waals surface area contributed by atoms with Crippen molar-refractivity contribution in [2.24, 2.45) is 0 Å². The van der Waals surface area contributed by atoms with Crippen molar-refractivity contribution in [1.82, 2.24) is 0 Å². The molecule has 0 nitrogen and oxygen atoms in total. The Morgan fingerprint density at radius 1 is 1.00 bits per heavy atom. The second kappa shape index (κ2) is 4.64. The Labute approximate surface area is 95.0 Å². The molecular weight excluding hydrogens is 362 g/mol. The Hall–Kier alpha value is 0.680. The number of rotatable bonds is 2. The number of halogens is 2. The number of benzene rings is 1. The van der Waals surface area contributed by atoms with E-state index in [0.29, 0.717) is 0 Å². The molecule has 0 heterocycles. The molecule has 0 aliphatic carbocycles. The van der Waals surface area contributed by atoms with E-state index in [2.05, 4.69) is 70.3 Å². The van der Waals surface area contributed by atoms with Gasteiger partial charge in [0, 0.05) is 8.86 Å². The molecule has 1 aromatic carbocycles. The fraction of sp³-hybridized carbons (Fsp3) is 0.333. The average Bonchev–Trinajstić information content (AvgIpc) is 2.03. The molecule has 0 amide bonds. The highest BCUT2D eigenvalue weighted by molar-refractivity contribution is 14.1. The van der Waals surface area contributed by atoms with E-state index in [1.54, 1.807) is 0 Å². The van der Waals surface area contributed by atoms with Gasteiger partial charge in [0.15, 0.2) is 0 Å². The molecule has 0 bridgehead atoms. The van der Waals surface area contributed by atoms with E-state index in [1.807, 2.05) is 0 Å². The lowest BCUT2D eigenvalue weighted by Crippen LogP contribution is -1.84. The predicted molar refractivity (Wildman–Crippen MR) is 66.6 cm³/mol. The standard InChI is InChI=1S/C9H10I2/c1-7-2-8(5-10)4-9(3-7)6-11/h2-4H,5-6H2,1H3. The van der Waals surface area contributed by atoms with Crippen LogP contribution in [0, 0.1) is 6.92 Å². The van der Waals surface area contributed by atoms with Gasteiger partial charge in [-0.25, -0.2) is 0 Å². The minimum Gasteiger partial charge on any atom is -0.0812 e. The molecular formula is C9H10I2. The SMILES string of the molecule is Cc1cc(CI)cc(CI)c1. The molecule has 11 heavy (non-hydrogen) atoms. The van der Waals surface area contributed by atoms with Crippen molar-refractivity contribution in [3.63, 3.8) is 0 Å². The lowest BCUT2D eigenvalue weighted by molar-refractivity contribution is 1.31. The van der Waals surface area contributed by atoms with Crippen LogP contribution >= 0.6 is 45.2 Å². The van der Waals surface area contributed by atoms with Crippen LogP contribution in [0.5, 0.6) is 0 Å². The zero-order valence-electron chi connectivity index (χ0n) is 6.40. The van der Waals surface area contributed by atoms with Gasteiger partial charge in [-0.1, -0.05) is 68.9 Å². The number of hydrogen-bond donors (Lipinski definition) is 0. The minimum absolute atomic E-state index is 1.11.